The van der Waals surface area contributed by atoms with Crippen LogP contribution in [0.15, 0.2) is 16.5 Å². The molecule has 11 heavy (non-hydrogen) atoms. The van der Waals surface area contributed by atoms with Crippen LogP contribution in [0.2, 0.25) is 0 Å². The molecule has 0 aliphatic carbocycles. The van der Waals surface area contributed by atoms with Crippen molar-refractivity contribution in [1.82, 2.24) is 0 Å². The van der Waals surface area contributed by atoms with Gasteiger partial charge in [-0.3, -0.25) is 0 Å². The summed E-state index contributed by atoms with van der Waals surface area (Å²) in [6, 6.07) is 2.97. The fourth-order valence-corrected chi connectivity index (χ4v) is 0.849. The van der Waals surface area contributed by atoms with E-state index in [2.05, 4.69) is 4.42 Å². The SMILES string of the molecule is CCC(F)(F)c1ccc(C)[oH+]1. The molecule has 1 heterocycles. The van der Waals surface area contributed by atoms with Crippen LogP contribution in [0.25, 0.3) is 0 Å². The summed E-state index contributed by atoms with van der Waals surface area (Å²) in [5, 5.41) is 0. The predicted octanol–water partition coefficient (Wildman–Crippen LogP) is 3.20. The Balaban J connectivity index is 2.92. The van der Waals surface area contributed by atoms with Crippen LogP contribution in [0.4, 0.5) is 8.78 Å². The molecule has 0 aliphatic rings. The fraction of sp³-hybridized carbons (Fsp3) is 0.500. The fourth-order valence-electron chi connectivity index (χ4n) is 0.849. The first-order valence-electron chi connectivity index (χ1n) is 3.55. The Kier molecular flexibility index (Phi) is 1.98. The summed E-state index contributed by atoms with van der Waals surface area (Å²) in [5.41, 5.74) is 0. The van der Waals surface area contributed by atoms with E-state index in [9.17, 15) is 8.78 Å². The van der Waals surface area contributed by atoms with E-state index in [0.29, 0.717) is 5.76 Å². The minimum absolute atomic E-state index is 0.113. The maximum absolute atomic E-state index is 12.8. The molecule has 0 radical (unpaired) electrons. The molecule has 1 rings (SSSR count). The average Bonchev–Trinajstić information content (AvgIpc) is 2.36. The van der Waals surface area contributed by atoms with Gasteiger partial charge in [0.2, 0.25) is 5.76 Å². The lowest BCUT2D eigenvalue weighted by molar-refractivity contribution is -0.0300. The molecule has 3 heteroatoms. The molecule has 0 aliphatic heterocycles. The van der Waals surface area contributed by atoms with Gasteiger partial charge in [-0.1, -0.05) is 6.92 Å². The topological polar surface area (TPSA) is 12.8 Å². The van der Waals surface area contributed by atoms with Gasteiger partial charge in [-0.25, -0.2) is 0 Å². The van der Waals surface area contributed by atoms with E-state index in [1.165, 1.54) is 13.0 Å². The van der Waals surface area contributed by atoms with Crippen LogP contribution >= 0.6 is 0 Å². The van der Waals surface area contributed by atoms with Gasteiger partial charge in [-0.15, -0.1) is 0 Å². The van der Waals surface area contributed by atoms with Crippen molar-refractivity contribution < 1.29 is 13.2 Å². The first-order chi connectivity index (χ1) is 5.06. The van der Waals surface area contributed by atoms with Crippen LogP contribution in [0.3, 0.4) is 0 Å². The van der Waals surface area contributed by atoms with Crippen molar-refractivity contribution in [3.05, 3.63) is 23.7 Å². The molecule has 0 atom stereocenters. The van der Waals surface area contributed by atoms with Gasteiger partial charge in [-0.05, 0) is 0 Å². The molecule has 1 N–H and O–H groups in total. The highest BCUT2D eigenvalue weighted by Gasteiger charge is 2.37. The second kappa shape index (κ2) is 2.64. The second-order valence-electron chi connectivity index (χ2n) is 2.53. The van der Waals surface area contributed by atoms with E-state index >= 15 is 0 Å². The third-order valence-corrected chi connectivity index (χ3v) is 1.60. The zero-order valence-corrected chi connectivity index (χ0v) is 6.56. The Morgan fingerprint density at radius 3 is 2.45 bits per heavy atom. The molecule has 1 aromatic rings. The molecule has 0 unspecified atom stereocenters. The molecule has 0 spiro atoms. The summed E-state index contributed by atoms with van der Waals surface area (Å²) in [4.78, 5) is 0. The van der Waals surface area contributed by atoms with Gasteiger partial charge in [0.25, 0.3) is 0 Å². The van der Waals surface area contributed by atoms with Crippen molar-refractivity contribution in [3.63, 3.8) is 0 Å². The number of aryl methyl sites for hydroxylation is 1. The van der Waals surface area contributed by atoms with Crippen molar-refractivity contribution in [2.45, 2.75) is 26.2 Å². The lowest BCUT2D eigenvalue weighted by Gasteiger charge is -2.05. The highest BCUT2D eigenvalue weighted by molar-refractivity contribution is 5.10. The Hall–Kier alpha value is -0.860. The van der Waals surface area contributed by atoms with E-state index in [1.807, 2.05) is 0 Å². The van der Waals surface area contributed by atoms with E-state index in [4.69, 9.17) is 0 Å². The Morgan fingerprint density at radius 1 is 1.45 bits per heavy atom. The molecule has 0 saturated carbocycles. The molecule has 0 fully saturated rings. The van der Waals surface area contributed by atoms with Crippen molar-refractivity contribution in [2.75, 3.05) is 0 Å². The molecular weight excluding hydrogens is 150 g/mol. The minimum atomic E-state index is -2.76. The molecule has 0 amide bonds. The Bertz CT molecular complexity index is 240. The summed E-state index contributed by atoms with van der Waals surface area (Å²) in [6.45, 7) is 3.15. The van der Waals surface area contributed by atoms with Gasteiger partial charge in [-0.2, -0.15) is 8.78 Å². The second-order valence-corrected chi connectivity index (χ2v) is 2.53. The van der Waals surface area contributed by atoms with Crippen molar-refractivity contribution in [1.29, 1.82) is 0 Å². The number of alkyl halides is 2. The first-order valence-corrected chi connectivity index (χ1v) is 3.55. The molecule has 1 nitrogen and oxygen atoms in total. The molecule has 62 valence electrons. The van der Waals surface area contributed by atoms with Crippen molar-refractivity contribution >= 4 is 0 Å². The van der Waals surface area contributed by atoms with Crippen LogP contribution < -0.4 is 0 Å². The molecule has 0 bridgehead atoms. The van der Waals surface area contributed by atoms with Gasteiger partial charge < -0.3 is 4.42 Å². The summed E-state index contributed by atoms with van der Waals surface area (Å²) in [7, 11) is 0. The summed E-state index contributed by atoms with van der Waals surface area (Å²) >= 11 is 0. The quantitative estimate of drug-likeness (QED) is 0.591. The minimum Gasteiger partial charge on any atom is -0.548 e. The van der Waals surface area contributed by atoms with Crippen LogP contribution in [0.1, 0.15) is 24.9 Å². The monoisotopic (exact) mass is 161 g/mol. The summed E-state index contributed by atoms with van der Waals surface area (Å²) in [5.74, 6) is -2.22. The highest BCUT2D eigenvalue weighted by Crippen LogP contribution is 2.32. The van der Waals surface area contributed by atoms with Gasteiger partial charge in [0.1, 0.15) is 0 Å². The van der Waals surface area contributed by atoms with E-state index in [1.54, 1.807) is 13.0 Å². The van der Waals surface area contributed by atoms with E-state index < -0.39 is 5.92 Å². The molecule has 1 aromatic heterocycles. The van der Waals surface area contributed by atoms with E-state index in [-0.39, 0.29) is 12.2 Å². The maximum Gasteiger partial charge on any atom is 0.350 e. The van der Waals surface area contributed by atoms with Crippen molar-refractivity contribution in [3.8, 4) is 0 Å². The van der Waals surface area contributed by atoms with Crippen LogP contribution in [-0.4, -0.2) is 0 Å². The molecule has 0 aromatic carbocycles. The number of hydrogen-bond acceptors (Lipinski definition) is 0. The van der Waals surface area contributed by atoms with E-state index in [0.717, 1.165) is 0 Å². The van der Waals surface area contributed by atoms with Gasteiger partial charge in [0.05, 0.1) is 0 Å². The van der Waals surface area contributed by atoms with Crippen LogP contribution in [-0.2, 0) is 5.92 Å². The lowest BCUT2D eigenvalue weighted by atomic mass is 10.2. The Morgan fingerprint density at radius 2 is 2.09 bits per heavy atom. The molecular formula is C8H11F2O+. The first kappa shape index (κ1) is 8.24. The van der Waals surface area contributed by atoms with Gasteiger partial charge in [0, 0.05) is 25.5 Å². The summed E-state index contributed by atoms with van der Waals surface area (Å²) < 4.78 is 29.4. The lowest BCUT2D eigenvalue weighted by Crippen LogP contribution is -2.09. The largest absolute Gasteiger partial charge is 0.548 e. The Labute approximate surface area is 64.0 Å². The third kappa shape index (κ3) is 1.59. The van der Waals surface area contributed by atoms with Crippen LogP contribution in [0.5, 0.6) is 0 Å². The summed E-state index contributed by atoms with van der Waals surface area (Å²) in [6.07, 6.45) is -0.191. The molecule has 0 saturated heterocycles. The highest BCUT2D eigenvalue weighted by atomic mass is 19.3. The van der Waals surface area contributed by atoms with Crippen molar-refractivity contribution in [2.24, 2.45) is 0 Å². The number of halogens is 2. The zero-order valence-electron chi connectivity index (χ0n) is 6.56. The number of hydrogen-bond donors (Lipinski definition) is 0. The van der Waals surface area contributed by atoms with Gasteiger partial charge >= 0.3 is 11.7 Å². The van der Waals surface area contributed by atoms with Gasteiger partial charge in [0.15, 0.2) is 0 Å². The average molecular weight is 161 g/mol. The zero-order chi connectivity index (χ0) is 8.48. The smallest absolute Gasteiger partial charge is 0.350 e. The third-order valence-electron chi connectivity index (χ3n) is 1.60. The standard InChI is InChI=1S/C8H10F2O/c1-3-8(9,10)7-5-4-6(2)11-7/h4-5H,3H2,1-2H3/p+1. The number of furan rings is 1. The predicted molar refractivity (Wildman–Crippen MR) is 38.7 cm³/mol. The number of rotatable bonds is 2. The normalized spacial score (nSPS) is 12.0. The maximum atomic E-state index is 12.8. The van der Waals surface area contributed by atoms with Crippen LogP contribution in [0, 0.1) is 6.92 Å².